The molecule has 3 rings (SSSR count). The Morgan fingerprint density at radius 2 is 2.33 bits per heavy atom. The van der Waals surface area contributed by atoms with Crippen molar-refractivity contribution < 1.29 is 9.90 Å². The number of nitrogens with zero attached hydrogens (tertiary/aromatic N) is 5. The lowest BCUT2D eigenvalue weighted by Gasteiger charge is -2.19. The average molecular weight is 289 g/mol. The SMILES string of the molecule is CCc1c(C(=O)N2CCC(C(C)O)C2)cnc2ncnn12. The van der Waals surface area contributed by atoms with Gasteiger partial charge in [0, 0.05) is 25.2 Å². The number of rotatable bonds is 3. The molecule has 0 saturated carbocycles. The van der Waals surface area contributed by atoms with Gasteiger partial charge in [0.25, 0.3) is 11.7 Å². The molecule has 21 heavy (non-hydrogen) atoms. The lowest BCUT2D eigenvalue weighted by atomic mass is 10.0. The van der Waals surface area contributed by atoms with Crippen LogP contribution in [0, 0.1) is 5.92 Å². The van der Waals surface area contributed by atoms with Gasteiger partial charge in [-0.2, -0.15) is 10.1 Å². The van der Waals surface area contributed by atoms with Crippen LogP contribution in [-0.2, 0) is 6.42 Å². The van der Waals surface area contributed by atoms with Gasteiger partial charge in [-0.25, -0.2) is 9.50 Å². The zero-order chi connectivity index (χ0) is 15.0. The second-order valence-corrected chi connectivity index (χ2v) is 5.48. The van der Waals surface area contributed by atoms with E-state index < -0.39 is 0 Å². The Bertz CT molecular complexity index is 666. The molecule has 0 aromatic carbocycles. The van der Waals surface area contributed by atoms with E-state index in [9.17, 15) is 9.90 Å². The van der Waals surface area contributed by atoms with E-state index in [0.717, 1.165) is 12.1 Å². The van der Waals surface area contributed by atoms with Gasteiger partial charge in [-0.3, -0.25) is 4.79 Å². The van der Waals surface area contributed by atoms with Crippen LogP contribution in [-0.4, -0.2) is 54.7 Å². The number of likely N-dealkylation sites (tertiary alicyclic amines) is 1. The van der Waals surface area contributed by atoms with Gasteiger partial charge in [0.15, 0.2) is 0 Å². The second-order valence-electron chi connectivity index (χ2n) is 5.48. The molecule has 1 saturated heterocycles. The molecule has 1 N–H and O–H groups in total. The van der Waals surface area contributed by atoms with Crippen molar-refractivity contribution in [2.75, 3.05) is 13.1 Å². The van der Waals surface area contributed by atoms with E-state index in [-0.39, 0.29) is 17.9 Å². The first-order valence-corrected chi connectivity index (χ1v) is 7.26. The number of carbonyl (C=O) groups is 1. The summed E-state index contributed by atoms with van der Waals surface area (Å²) in [5.41, 5.74) is 1.39. The third-order valence-corrected chi connectivity index (χ3v) is 4.16. The highest BCUT2D eigenvalue weighted by molar-refractivity contribution is 5.95. The minimum Gasteiger partial charge on any atom is -0.393 e. The number of aromatic nitrogens is 4. The molecule has 0 spiro atoms. The number of carbonyl (C=O) groups excluding carboxylic acids is 1. The molecule has 0 bridgehead atoms. The van der Waals surface area contributed by atoms with Crippen molar-refractivity contribution in [2.24, 2.45) is 5.92 Å². The van der Waals surface area contributed by atoms with Gasteiger partial charge in [0.2, 0.25) is 0 Å². The van der Waals surface area contributed by atoms with Crippen molar-refractivity contribution >= 4 is 11.7 Å². The average Bonchev–Trinajstić information content (AvgIpc) is 3.13. The molecule has 2 unspecified atom stereocenters. The maximum atomic E-state index is 12.7. The highest BCUT2D eigenvalue weighted by Crippen LogP contribution is 2.22. The molecule has 112 valence electrons. The molecular weight excluding hydrogens is 270 g/mol. The molecule has 7 heteroatoms. The molecule has 2 aromatic rings. The van der Waals surface area contributed by atoms with Gasteiger partial charge in [0.1, 0.15) is 6.33 Å². The van der Waals surface area contributed by atoms with Gasteiger partial charge in [-0.1, -0.05) is 6.92 Å². The number of hydrogen-bond donors (Lipinski definition) is 1. The molecule has 1 fully saturated rings. The van der Waals surface area contributed by atoms with Crippen molar-refractivity contribution in [3.05, 3.63) is 23.8 Å². The highest BCUT2D eigenvalue weighted by atomic mass is 16.3. The van der Waals surface area contributed by atoms with Gasteiger partial charge in [-0.05, 0) is 19.8 Å². The number of aliphatic hydroxyl groups excluding tert-OH is 1. The molecule has 1 aliphatic heterocycles. The summed E-state index contributed by atoms with van der Waals surface area (Å²) < 4.78 is 1.62. The summed E-state index contributed by atoms with van der Waals surface area (Å²) in [6.45, 7) is 5.02. The number of aliphatic hydroxyl groups is 1. The van der Waals surface area contributed by atoms with Crippen molar-refractivity contribution in [2.45, 2.75) is 32.8 Å². The van der Waals surface area contributed by atoms with Crippen molar-refractivity contribution in [3.63, 3.8) is 0 Å². The second kappa shape index (κ2) is 5.40. The van der Waals surface area contributed by atoms with Gasteiger partial charge >= 0.3 is 0 Å². The van der Waals surface area contributed by atoms with E-state index in [2.05, 4.69) is 15.1 Å². The molecular formula is C14H19N5O2. The smallest absolute Gasteiger partial charge is 0.257 e. The zero-order valence-electron chi connectivity index (χ0n) is 12.2. The normalized spacial score (nSPS) is 20.1. The van der Waals surface area contributed by atoms with Crippen molar-refractivity contribution in [1.82, 2.24) is 24.5 Å². The van der Waals surface area contributed by atoms with E-state index in [1.54, 1.807) is 22.5 Å². The number of amides is 1. The topological polar surface area (TPSA) is 83.6 Å². The minimum atomic E-state index is -0.385. The van der Waals surface area contributed by atoms with E-state index in [4.69, 9.17) is 0 Å². The maximum Gasteiger partial charge on any atom is 0.257 e. The summed E-state index contributed by atoms with van der Waals surface area (Å²) in [6.07, 6.45) is 4.15. The molecule has 0 aliphatic carbocycles. The summed E-state index contributed by atoms with van der Waals surface area (Å²) in [6, 6.07) is 0. The Kier molecular flexibility index (Phi) is 3.59. The van der Waals surface area contributed by atoms with Crippen LogP contribution in [0.2, 0.25) is 0 Å². The van der Waals surface area contributed by atoms with E-state index in [1.165, 1.54) is 6.33 Å². The van der Waals surface area contributed by atoms with Crippen LogP contribution in [0.15, 0.2) is 12.5 Å². The van der Waals surface area contributed by atoms with Gasteiger partial charge in [0.05, 0.1) is 17.4 Å². The highest BCUT2D eigenvalue weighted by Gasteiger charge is 2.31. The summed E-state index contributed by atoms with van der Waals surface area (Å²) in [7, 11) is 0. The zero-order valence-corrected chi connectivity index (χ0v) is 12.2. The fourth-order valence-electron chi connectivity index (χ4n) is 2.88. The Morgan fingerprint density at radius 3 is 3.00 bits per heavy atom. The third kappa shape index (κ3) is 2.37. The fraction of sp³-hybridized carbons (Fsp3) is 0.571. The first-order chi connectivity index (χ1) is 10.1. The summed E-state index contributed by atoms with van der Waals surface area (Å²) in [5.74, 6) is 0.619. The Balaban J connectivity index is 1.91. The summed E-state index contributed by atoms with van der Waals surface area (Å²) in [5, 5.41) is 13.8. The van der Waals surface area contributed by atoms with E-state index >= 15 is 0 Å². The maximum absolute atomic E-state index is 12.7. The molecule has 2 atom stereocenters. The Morgan fingerprint density at radius 1 is 1.52 bits per heavy atom. The first-order valence-electron chi connectivity index (χ1n) is 7.26. The van der Waals surface area contributed by atoms with Crippen LogP contribution in [0.25, 0.3) is 5.78 Å². The predicted octanol–water partition coefficient (Wildman–Crippen LogP) is 0.530. The van der Waals surface area contributed by atoms with Crippen LogP contribution in [0.4, 0.5) is 0 Å². The number of aryl methyl sites for hydroxylation is 1. The molecule has 1 amide bonds. The monoisotopic (exact) mass is 289 g/mol. The minimum absolute atomic E-state index is 0.0418. The molecule has 2 aromatic heterocycles. The van der Waals surface area contributed by atoms with Crippen LogP contribution < -0.4 is 0 Å². The lowest BCUT2D eigenvalue weighted by Crippen LogP contribution is -2.31. The van der Waals surface area contributed by atoms with Gasteiger partial charge < -0.3 is 10.0 Å². The lowest BCUT2D eigenvalue weighted by molar-refractivity contribution is 0.0760. The third-order valence-electron chi connectivity index (χ3n) is 4.16. The Labute approximate surface area is 122 Å². The number of hydrogen-bond acceptors (Lipinski definition) is 5. The Hall–Kier alpha value is -2.02. The van der Waals surface area contributed by atoms with E-state index in [1.807, 2.05) is 6.92 Å². The van der Waals surface area contributed by atoms with Crippen molar-refractivity contribution in [3.8, 4) is 0 Å². The standard InChI is InChI=1S/C14H19N5O2/c1-3-12-11(6-15-14-16-8-17-19(12)14)13(21)18-5-4-10(7-18)9(2)20/h6,8-10,20H,3-5,7H2,1-2H3. The molecule has 7 nitrogen and oxygen atoms in total. The molecule has 0 radical (unpaired) electrons. The summed E-state index contributed by atoms with van der Waals surface area (Å²) >= 11 is 0. The quantitative estimate of drug-likeness (QED) is 0.891. The fourth-order valence-corrected chi connectivity index (χ4v) is 2.88. The number of fused-ring (bicyclic) bond motifs is 1. The largest absolute Gasteiger partial charge is 0.393 e. The molecule has 1 aliphatic rings. The van der Waals surface area contributed by atoms with Crippen LogP contribution >= 0.6 is 0 Å². The molecule has 3 heterocycles. The van der Waals surface area contributed by atoms with Crippen LogP contribution in [0.5, 0.6) is 0 Å². The first kappa shape index (κ1) is 13.9. The van der Waals surface area contributed by atoms with Crippen molar-refractivity contribution in [1.29, 1.82) is 0 Å². The van der Waals surface area contributed by atoms with Gasteiger partial charge in [-0.15, -0.1) is 0 Å². The van der Waals surface area contributed by atoms with Crippen LogP contribution in [0.3, 0.4) is 0 Å². The predicted molar refractivity (Wildman–Crippen MR) is 75.9 cm³/mol. The van der Waals surface area contributed by atoms with Crippen LogP contribution in [0.1, 0.15) is 36.3 Å². The summed E-state index contributed by atoms with van der Waals surface area (Å²) in [4.78, 5) is 22.7. The van der Waals surface area contributed by atoms with E-state index in [0.29, 0.717) is 30.9 Å².